The molecule has 1 saturated carbocycles. The van der Waals surface area contributed by atoms with E-state index in [2.05, 4.69) is 25.8 Å². The number of rotatable bonds is 0. The van der Waals surface area contributed by atoms with Crippen molar-refractivity contribution < 1.29 is 0 Å². The van der Waals surface area contributed by atoms with Gasteiger partial charge in [-0.1, -0.05) is 13.8 Å². The van der Waals surface area contributed by atoms with E-state index in [0.29, 0.717) is 5.54 Å². The largest absolute Gasteiger partial charge is 0.301 e. The molecule has 0 radical (unpaired) electrons. The molecular formula is C11H21N. The first-order valence-electron chi connectivity index (χ1n) is 5.35. The van der Waals surface area contributed by atoms with Gasteiger partial charge in [0.15, 0.2) is 0 Å². The Balaban J connectivity index is 2.13. The summed E-state index contributed by atoms with van der Waals surface area (Å²) in [6.45, 7) is 6.18. The first kappa shape index (κ1) is 8.55. The van der Waals surface area contributed by atoms with Gasteiger partial charge in [-0.25, -0.2) is 0 Å². The van der Waals surface area contributed by atoms with Crippen LogP contribution in [0.15, 0.2) is 0 Å². The maximum absolute atomic E-state index is 2.62. The molecule has 2 unspecified atom stereocenters. The molecule has 0 aromatic heterocycles. The fourth-order valence-electron chi connectivity index (χ4n) is 3.27. The van der Waals surface area contributed by atoms with Crippen LogP contribution in [0.4, 0.5) is 0 Å². The number of hydrogen-bond acceptors (Lipinski definition) is 1. The maximum atomic E-state index is 2.62. The fourth-order valence-corrected chi connectivity index (χ4v) is 3.27. The van der Waals surface area contributed by atoms with Crippen LogP contribution in [-0.2, 0) is 0 Å². The summed E-state index contributed by atoms with van der Waals surface area (Å²) < 4.78 is 0. The highest BCUT2D eigenvalue weighted by molar-refractivity contribution is 5.01. The third-order valence-electron chi connectivity index (χ3n) is 4.32. The van der Waals surface area contributed by atoms with Crippen LogP contribution in [0, 0.1) is 11.8 Å². The van der Waals surface area contributed by atoms with Crippen molar-refractivity contribution in [3.63, 3.8) is 0 Å². The predicted octanol–water partition coefficient (Wildman–Crippen LogP) is 2.52. The van der Waals surface area contributed by atoms with Crippen LogP contribution in [0.3, 0.4) is 0 Å². The van der Waals surface area contributed by atoms with Gasteiger partial charge >= 0.3 is 0 Å². The molecule has 1 saturated heterocycles. The lowest BCUT2D eigenvalue weighted by molar-refractivity contribution is 0.173. The van der Waals surface area contributed by atoms with E-state index in [1.54, 1.807) is 0 Å². The molecule has 1 nitrogen and oxygen atoms in total. The third kappa shape index (κ3) is 1.10. The summed E-state index contributed by atoms with van der Waals surface area (Å²) in [4.78, 5) is 2.62. The molecule has 2 atom stereocenters. The van der Waals surface area contributed by atoms with Crippen LogP contribution < -0.4 is 0 Å². The van der Waals surface area contributed by atoms with Crippen LogP contribution in [-0.4, -0.2) is 24.0 Å². The second-order valence-electron chi connectivity index (χ2n) is 5.11. The quantitative estimate of drug-likeness (QED) is 0.536. The molecule has 12 heavy (non-hydrogen) atoms. The Hall–Kier alpha value is -0.0400. The van der Waals surface area contributed by atoms with Crippen LogP contribution in [0.1, 0.15) is 39.5 Å². The number of likely N-dealkylation sites (tertiary alicyclic amines) is 1. The van der Waals surface area contributed by atoms with Gasteiger partial charge in [0.1, 0.15) is 0 Å². The fraction of sp³-hybridized carbons (Fsp3) is 1.00. The second-order valence-corrected chi connectivity index (χ2v) is 5.11. The topological polar surface area (TPSA) is 3.24 Å². The number of nitrogens with zero attached hydrogens (tertiary/aromatic N) is 1. The Morgan fingerprint density at radius 1 is 1.17 bits per heavy atom. The predicted molar refractivity (Wildman–Crippen MR) is 52.2 cm³/mol. The van der Waals surface area contributed by atoms with Gasteiger partial charge in [0, 0.05) is 5.54 Å². The molecule has 2 aliphatic rings. The van der Waals surface area contributed by atoms with Crippen LogP contribution in [0.2, 0.25) is 0 Å². The summed E-state index contributed by atoms with van der Waals surface area (Å²) in [6.07, 6.45) is 5.78. The summed E-state index contributed by atoms with van der Waals surface area (Å²) in [5.74, 6) is 1.90. The normalized spacial score (nSPS) is 49.2. The van der Waals surface area contributed by atoms with Gasteiger partial charge in [-0.15, -0.1) is 0 Å². The van der Waals surface area contributed by atoms with Crippen molar-refractivity contribution in [3.8, 4) is 0 Å². The zero-order chi connectivity index (χ0) is 8.77. The molecule has 1 heterocycles. The van der Waals surface area contributed by atoms with E-state index in [4.69, 9.17) is 0 Å². The van der Waals surface area contributed by atoms with E-state index < -0.39 is 0 Å². The second kappa shape index (κ2) is 2.73. The van der Waals surface area contributed by atoms with E-state index in [1.807, 2.05) is 0 Å². The molecular weight excluding hydrogens is 146 g/mol. The Morgan fingerprint density at radius 3 is 2.17 bits per heavy atom. The summed E-state index contributed by atoms with van der Waals surface area (Å²) in [5, 5.41) is 0. The lowest BCUT2D eigenvalue weighted by Gasteiger charge is -2.32. The van der Waals surface area contributed by atoms with Gasteiger partial charge < -0.3 is 4.90 Å². The van der Waals surface area contributed by atoms with E-state index in [1.165, 1.54) is 32.2 Å². The lowest BCUT2D eigenvalue weighted by Crippen LogP contribution is -2.38. The Morgan fingerprint density at radius 2 is 1.75 bits per heavy atom. The van der Waals surface area contributed by atoms with Crippen LogP contribution in [0.5, 0.6) is 0 Å². The minimum absolute atomic E-state index is 0.624. The molecule has 0 aromatic rings. The molecule has 2 rings (SSSR count). The van der Waals surface area contributed by atoms with Crippen LogP contribution in [0.25, 0.3) is 0 Å². The van der Waals surface area contributed by atoms with Crippen molar-refractivity contribution in [1.82, 2.24) is 4.90 Å². The molecule has 2 fully saturated rings. The summed E-state index contributed by atoms with van der Waals surface area (Å²) >= 11 is 0. The molecule has 70 valence electrons. The monoisotopic (exact) mass is 167 g/mol. The van der Waals surface area contributed by atoms with Gasteiger partial charge in [-0.2, -0.15) is 0 Å². The van der Waals surface area contributed by atoms with E-state index in [-0.39, 0.29) is 0 Å². The van der Waals surface area contributed by atoms with Gasteiger partial charge in [0.25, 0.3) is 0 Å². The summed E-state index contributed by atoms with van der Waals surface area (Å²) in [7, 11) is 2.32. The minimum Gasteiger partial charge on any atom is -0.301 e. The Kier molecular flexibility index (Phi) is 1.95. The van der Waals surface area contributed by atoms with E-state index in [9.17, 15) is 0 Å². The first-order chi connectivity index (χ1) is 5.64. The highest BCUT2D eigenvalue weighted by atomic mass is 15.2. The summed E-state index contributed by atoms with van der Waals surface area (Å²) in [5.41, 5.74) is 0.624. The minimum atomic E-state index is 0.624. The van der Waals surface area contributed by atoms with Crippen molar-refractivity contribution >= 4 is 0 Å². The van der Waals surface area contributed by atoms with Crippen molar-refractivity contribution in [2.75, 3.05) is 13.6 Å². The highest BCUT2D eigenvalue weighted by Gasteiger charge is 2.46. The van der Waals surface area contributed by atoms with Crippen LogP contribution >= 0.6 is 0 Å². The van der Waals surface area contributed by atoms with Gasteiger partial charge in [-0.05, 0) is 51.1 Å². The van der Waals surface area contributed by atoms with Crippen molar-refractivity contribution in [1.29, 1.82) is 0 Å². The molecule has 0 N–H and O–H groups in total. The Bertz CT molecular complexity index is 166. The van der Waals surface area contributed by atoms with E-state index >= 15 is 0 Å². The van der Waals surface area contributed by atoms with Crippen molar-refractivity contribution in [3.05, 3.63) is 0 Å². The third-order valence-corrected chi connectivity index (χ3v) is 4.32. The SMILES string of the molecule is CC1CC2(CCCN2C)CC1C. The lowest BCUT2D eigenvalue weighted by atomic mass is 9.93. The molecule has 1 aliphatic heterocycles. The summed E-state index contributed by atoms with van der Waals surface area (Å²) in [6, 6.07) is 0. The van der Waals surface area contributed by atoms with Crippen molar-refractivity contribution in [2.45, 2.75) is 45.1 Å². The molecule has 1 heteroatoms. The first-order valence-corrected chi connectivity index (χ1v) is 5.35. The van der Waals surface area contributed by atoms with Gasteiger partial charge in [0.05, 0.1) is 0 Å². The molecule has 1 spiro atoms. The zero-order valence-electron chi connectivity index (χ0n) is 8.64. The average molecular weight is 167 g/mol. The smallest absolute Gasteiger partial charge is 0.0212 e. The maximum Gasteiger partial charge on any atom is 0.0212 e. The van der Waals surface area contributed by atoms with E-state index in [0.717, 1.165) is 11.8 Å². The van der Waals surface area contributed by atoms with Crippen molar-refractivity contribution in [2.24, 2.45) is 11.8 Å². The zero-order valence-corrected chi connectivity index (χ0v) is 8.64. The number of hydrogen-bond donors (Lipinski definition) is 0. The molecule has 0 amide bonds. The molecule has 0 bridgehead atoms. The molecule has 1 aliphatic carbocycles. The molecule has 0 aromatic carbocycles. The standard InChI is InChI=1S/C11H21N/c1-9-7-11(8-10(9)2)5-4-6-12(11)3/h9-10H,4-8H2,1-3H3. The van der Waals surface area contributed by atoms with Gasteiger partial charge in [0.2, 0.25) is 0 Å². The highest BCUT2D eigenvalue weighted by Crippen LogP contribution is 2.47. The average Bonchev–Trinajstić information content (AvgIpc) is 2.45. The van der Waals surface area contributed by atoms with Gasteiger partial charge in [-0.3, -0.25) is 0 Å². The Labute approximate surface area is 76.1 Å².